The summed E-state index contributed by atoms with van der Waals surface area (Å²) in [6.07, 6.45) is 4.35. The van der Waals surface area contributed by atoms with E-state index in [0.29, 0.717) is 6.04 Å². The fourth-order valence-corrected chi connectivity index (χ4v) is 4.29. The lowest BCUT2D eigenvalue weighted by Crippen LogP contribution is -2.54. The maximum absolute atomic E-state index is 12.8. The van der Waals surface area contributed by atoms with Gasteiger partial charge in [0.2, 0.25) is 5.91 Å². The summed E-state index contributed by atoms with van der Waals surface area (Å²) in [5, 5.41) is 2.52. The third-order valence-corrected chi connectivity index (χ3v) is 5.40. The molecule has 0 aliphatic carbocycles. The summed E-state index contributed by atoms with van der Waals surface area (Å²) >= 11 is 0. The van der Waals surface area contributed by atoms with Crippen molar-refractivity contribution >= 4 is 11.9 Å². The van der Waals surface area contributed by atoms with E-state index in [9.17, 15) is 9.59 Å². The minimum atomic E-state index is -0.650. The second-order valence-electron chi connectivity index (χ2n) is 7.14. The zero-order valence-electron chi connectivity index (χ0n) is 14.9. The summed E-state index contributed by atoms with van der Waals surface area (Å²) in [5.41, 5.74) is 6.48. The minimum absolute atomic E-state index is 0.0205. The first-order valence-electron chi connectivity index (χ1n) is 9.20. The topological polar surface area (TPSA) is 78.7 Å². The van der Waals surface area contributed by atoms with Crippen molar-refractivity contribution in [1.29, 1.82) is 0 Å². The van der Waals surface area contributed by atoms with E-state index in [-0.39, 0.29) is 11.9 Å². The van der Waals surface area contributed by atoms with Gasteiger partial charge in [-0.2, -0.15) is 0 Å². The lowest BCUT2D eigenvalue weighted by molar-refractivity contribution is -0.134. The molecule has 3 N–H and O–H groups in total. The molecule has 3 rings (SSSR count). The summed E-state index contributed by atoms with van der Waals surface area (Å²) < 4.78 is 0. The first-order valence-corrected chi connectivity index (χ1v) is 9.20. The monoisotopic (exact) mass is 344 g/mol. The van der Waals surface area contributed by atoms with Gasteiger partial charge in [-0.1, -0.05) is 30.3 Å². The normalized spacial score (nSPS) is 25.1. The van der Waals surface area contributed by atoms with Crippen LogP contribution in [-0.2, 0) is 11.3 Å². The number of benzene rings is 1. The summed E-state index contributed by atoms with van der Waals surface area (Å²) in [6.45, 7) is 4.48. The van der Waals surface area contributed by atoms with E-state index >= 15 is 0 Å². The molecule has 25 heavy (non-hydrogen) atoms. The Morgan fingerprint density at radius 1 is 1.16 bits per heavy atom. The van der Waals surface area contributed by atoms with Gasteiger partial charge in [-0.3, -0.25) is 9.69 Å². The summed E-state index contributed by atoms with van der Waals surface area (Å²) in [5.74, 6) is -0.0205. The van der Waals surface area contributed by atoms with E-state index in [0.717, 1.165) is 38.9 Å². The fourth-order valence-electron chi connectivity index (χ4n) is 4.29. The first-order chi connectivity index (χ1) is 12.1. The van der Waals surface area contributed by atoms with Crippen LogP contribution in [0.4, 0.5) is 4.79 Å². The smallest absolute Gasteiger partial charge is 0.312 e. The molecule has 0 radical (unpaired) electrons. The molecular weight excluding hydrogens is 316 g/mol. The maximum atomic E-state index is 12.8. The van der Waals surface area contributed by atoms with Crippen LogP contribution in [0.15, 0.2) is 30.3 Å². The number of carbonyl (C=O) groups is 2. The van der Waals surface area contributed by atoms with Crippen LogP contribution in [0.1, 0.15) is 38.2 Å². The van der Waals surface area contributed by atoms with Gasteiger partial charge in [-0.25, -0.2) is 4.79 Å². The van der Waals surface area contributed by atoms with E-state index in [1.807, 2.05) is 11.0 Å². The molecule has 2 saturated heterocycles. The van der Waals surface area contributed by atoms with Crippen molar-refractivity contribution < 1.29 is 9.59 Å². The molecule has 0 bridgehead atoms. The first kappa shape index (κ1) is 17.7. The lowest BCUT2D eigenvalue weighted by Gasteiger charge is -2.36. The van der Waals surface area contributed by atoms with E-state index in [1.54, 1.807) is 6.92 Å². The molecular formula is C19H28N4O2. The van der Waals surface area contributed by atoms with Crippen molar-refractivity contribution in [3.05, 3.63) is 35.9 Å². The van der Waals surface area contributed by atoms with Crippen molar-refractivity contribution in [3.8, 4) is 0 Å². The predicted molar refractivity (Wildman–Crippen MR) is 96.8 cm³/mol. The van der Waals surface area contributed by atoms with Gasteiger partial charge in [0.25, 0.3) is 0 Å². The summed E-state index contributed by atoms with van der Waals surface area (Å²) in [7, 11) is 0. The number of nitrogens with one attached hydrogen (secondary N) is 1. The Balaban J connectivity index is 1.68. The summed E-state index contributed by atoms with van der Waals surface area (Å²) in [4.78, 5) is 28.3. The van der Waals surface area contributed by atoms with Gasteiger partial charge in [0.15, 0.2) is 0 Å². The molecule has 3 amide bonds. The minimum Gasteiger partial charge on any atom is -0.352 e. The van der Waals surface area contributed by atoms with Gasteiger partial charge < -0.3 is 16.0 Å². The molecule has 2 heterocycles. The number of carbonyl (C=O) groups excluding carboxylic acids is 2. The molecule has 2 aliphatic rings. The largest absolute Gasteiger partial charge is 0.352 e. The maximum Gasteiger partial charge on any atom is 0.312 e. The number of urea groups is 1. The van der Waals surface area contributed by atoms with Gasteiger partial charge in [0, 0.05) is 25.2 Å². The Bertz CT molecular complexity index is 607. The number of primary amides is 1. The second-order valence-corrected chi connectivity index (χ2v) is 7.14. The Labute approximate surface area is 149 Å². The van der Waals surface area contributed by atoms with Crippen LogP contribution in [-0.4, -0.2) is 53.0 Å². The van der Waals surface area contributed by atoms with Gasteiger partial charge in [-0.05, 0) is 44.7 Å². The molecule has 136 valence electrons. The van der Waals surface area contributed by atoms with Crippen LogP contribution in [0.5, 0.6) is 0 Å². The van der Waals surface area contributed by atoms with Gasteiger partial charge in [0.05, 0.1) is 0 Å². The molecule has 3 atom stereocenters. The third kappa shape index (κ3) is 4.12. The number of amides is 3. The molecule has 6 heteroatoms. The highest BCUT2D eigenvalue weighted by atomic mass is 16.2. The van der Waals surface area contributed by atoms with Gasteiger partial charge in [-0.15, -0.1) is 0 Å². The predicted octanol–water partition coefficient (Wildman–Crippen LogP) is 1.70. The average molecular weight is 344 g/mol. The standard InChI is InChI=1S/C19H28N4O2/c1-14(21-19(20)25)18(24)23-12-6-10-17(23)16-9-5-11-22(16)13-15-7-3-2-4-8-15/h2-4,7-8,14,16-17H,5-6,9-13H2,1H3,(H3,20,21,25)/t14-,16+,17-/m0/s1. The highest BCUT2D eigenvalue weighted by Gasteiger charge is 2.40. The Morgan fingerprint density at radius 3 is 2.56 bits per heavy atom. The second kappa shape index (κ2) is 7.87. The van der Waals surface area contributed by atoms with Crippen molar-refractivity contribution in [1.82, 2.24) is 15.1 Å². The van der Waals surface area contributed by atoms with E-state index in [2.05, 4.69) is 34.5 Å². The van der Waals surface area contributed by atoms with Gasteiger partial charge in [0.1, 0.15) is 6.04 Å². The quantitative estimate of drug-likeness (QED) is 0.853. The zero-order valence-corrected chi connectivity index (χ0v) is 14.9. The third-order valence-electron chi connectivity index (χ3n) is 5.40. The number of rotatable bonds is 5. The van der Waals surface area contributed by atoms with E-state index < -0.39 is 12.1 Å². The highest BCUT2D eigenvalue weighted by Crippen LogP contribution is 2.31. The number of nitrogens with two attached hydrogens (primary N) is 1. The van der Waals surface area contributed by atoms with Crippen molar-refractivity contribution in [3.63, 3.8) is 0 Å². The van der Waals surface area contributed by atoms with Crippen LogP contribution < -0.4 is 11.1 Å². The molecule has 0 saturated carbocycles. The molecule has 1 aromatic rings. The number of nitrogens with zero attached hydrogens (tertiary/aromatic N) is 2. The molecule has 1 aromatic carbocycles. The van der Waals surface area contributed by atoms with Crippen LogP contribution in [0.25, 0.3) is 0 Å². The molecule has 0 spiro atoms. The Kier molecular flexibility index (Phi) is 5.58. The number of hydrogen-bond donors (Lipinski definition) is 2. The average Bonchev–Trinajstić information content (AvgIpc) is 3.23. The Morgan fingerprint density at radius 2 is 1.84 bits per heavy atom. The van der Waals surface area contributed by atoms with Crippen molar-refractivity contribution in [2.45, 2.75) is 57.3 Å². The number of likely N-dealkylation sites (tertiary alicyclic amines) is 2. The fraction of sp³-hybridized carbons (Fsp3) is 0.579. The molecule has 0 aromatic heterocycles. The van der Waals surface area contributed by atoms with E-state index in [4.69, 9.17) is 5.73 Å². The molecule has 6 nitrogen and oxygen atoms in total. The zero-order chi connectivity index (χ0) is 17.8. The Hall–Kier alpha value is -2.08. The van der Waals surface area contributed by atoms with E-state index in [1.165, 1.54) is 12.0 Å². The highest BCUT2D eigenvalue weighted by molar-refractivity contribution is 5.86. The lowest BCUT2D eigenvalue weighted by atomic mass is 10.0. The van der Waals surface area contributed by atoms with Gasteiger partial charge >= 0.3 is 6.03 Å². The molecule has 2 aliphatic heterocycles. The van der Waals surface area contributed by atoms with Crippen LogP contribution in [0.3, 0.4) is 0 Å². The SMILES string of the molecule is C[C@H](NC(N)=O)C(=O)N1CCC[C@H]1[C@H]1CCCN1Cc1ccccc1. The van der Waals surface area contributed by atoms with Crippen LogP contribution in [0, 0.1) is 0 Å². The van der Waals surface area contributed by atoms with Crippen molar-refractivity contribution in [2.24, 2.45) is 5.73 Å². The van der Waals surface area contributed by atoms with Crippen LogP contribution >= 0.6 is 0 Å². The molecule has 2 fully saturated rings. The van der Waals surface area contributed by atoms with Crippen molar-refractivity contribution in [2.75, 3.05) is 13.1 Å². The molecule has 0 unspecified atom stereocenters. The number of hydrogen-bond acceptors (Lipinski definition) is 3. The summed E-state index contributed by atoms with van der Waals surface area (Å²) in [6, 6.07) is 9.91. The van der Waals surface area contributed by atoms with Crippen LogP contribution in [0.2, 0.25) is 0 Å².